The molecule has 0 spiro atoms. The van der Waals surface area contributed by atoms with E-state index in [2.05, 4.69) is 6.92 Å². The molecule has 29 heavy (non-hydrogen) atoms. The van der Waals surface area contributed by atoms with Crippen LogP contribution in [0.15, 0.2) is 24.3 Å². The van der Waals surface area contributed by atoms with Gasteiger partial charge in [-0.25, -0.2) is 17.6 Å². The molecule has 0 heterocycles. The first-order chi connectivity index (χ1) is 14.0. The van der Waals surface area contributed by atoms with Gasteiger partial charge in [0, 0.05) is 11.1 Å². The maximum absolute atomic E-state index is 14.9. The lowest BCUT2D eigenvalue weighted by Gasteiger charge is -2.27. The van der Waals surface area contributed by atoms with Crippen molar-refractivity contribution in [2.24, 2.45) is 5.92 Å². The van der Waals surface area contributed by atoms with Gasteiger partial charge in [-0.15, -0.1) is 0 Å². The van der Waals surface area contributed by atoms with Crippen molar-refractivity contribution in [2.45, 2.75) is 76.5 Å². The van der Waals surface area contributed by atoms with Crippen LogP contribution in [0.2, 0.25) is 0 Å². The third-order valence-electron chi connectivity index (χ3n) is 7.02. The van der Waals surface area contributed by atoms with Crippen LogP contribution in [0.1, 0.15) is 87.7 Å². The lowest BCUT2D eigenvalue weighted by molar-refractivity contribution is 0.339. The summed E-state index contributed by atoms with van der Waals surface area (Å²) in [6, 6.07) is 5.92. The summed E-state index contributed by atoms with van der Waals surface area (Å²) in [7, 11) is 0. The third-order valence-corrected chi connectivity index (χ3v) is 7.02. The van der Waals surface area contributed by atoms with Crippen LogP contribution in [0, 0.1) is 29.2 Å². The summed E-state index contributed by atoms with van der Waals surface area (Å²) in [5, 5.41) is 0. The minimum atomic E-state index is -1.08. The molecule has 0 nitrogen and oxygen atoms in total. The average Bonchev–Trinajstić information content (AvgIpc) is 2.74. The Morgan fingerprint density at radius 1 is 0.552 bits per heavy atom. The number of hydrogen-bond donors (Lipinski definition) is 0. The zero-order valence-electron chi connectivity index (χ0n) is 16.9. The minimum Gasteiger partial charge on any atom is -0.203 e. The highest BCUT2D eigenvalue weighted by Crippen LogP contribution is 2.40. The van der Waals surface area contributed by atoms with Gasteiger partial charge >= 0.3 is 0 Å². The van der Waals surface area contributed by atoms with Gasteiger partial charge in [0.1, 0.15) is 0 Å². The summed E-state index contributed by atoms with van der Waals surface area (Å²) in [4.78, 5) is 0. The van der Waals surface area contributed by atoms with E-state index in [-0.39, 0.29) is 23.0 Å². The lowest BCUT2D eigenvalue weighted by Crippen LogP contribution is -2.13. The first-order valence-corrected chi connectivity index (χ1v) is 10.9. The molecule has 2 aliphatic carbocycles. The molecule has 0 aliphatic heterocycles. The van der Waals surface area contributed by atoms with Crippen molar-refractivity contribution < 1.29 is 17.6 Å². The molecule has 4 heteroatoms. The first-order valence-electron chi connectivity index (χ1n) is 10.9. The van der Waals surface area contributed by atoms with Crippen LogP contribution < -0.4 is 0 Å². The van der Waals surface area contributed by atoms with E-state index in [1.54, 1.807) is 12.1 Å². The van der Waals surface area contributed by atoms with E-state index >= 15 is 0 Å². The molecular weight excluding hydrogens is 376 g/mol. The van der Waals surface area contributed by atoms with E-state index in [1.807, 2.05) is 0 Å². The highest BCUT2D eigenvalue weighted by atomic mass is 19.2. The predicted molar refractivity (Wildman–Crippen MR) is 108 cm³/mol. The van der Waals surface area contributed by atoms with Crippen molar-refractivity contribution in [3.8, 4) is 11.1 Å². The average molecular weight is 404 g/mol. The summed E-state index contributed by atoms with van der Waals surface area (Å²) >= 11 is 0. The highest BCUT2D eigenvalue weighted by molar-refractivity contribution is 5.66. The fourth-order valence-electron chi connectivity index (χ4n) is 5.16. The molecule has 0 aromatic heterocycles. The fraction of sp³-hybridized carbons (Fsp3) is 0.520. The number of benzene rings is 2. The molecule has 2 aromatic rings. The molecule has 0 radical (unpaired) electrons. The second-order valence-electron chi connectivity index (χ2n) is 8.95. The predicted octanol–water partition coefficient (Wildman–Crippen LogP) is 8.25. The second-order valence-corrected chi connectivity index (χ2v) is 8.95. The molecule has 2 aliphatic rings. The van der Waals surface area contributed by atoms with E-state index in [4.69, 9.17) is 0 Å². The monoisotopic (exact) mass is 404 g/mol. The molecular formula is C25H28F4. The molecule has 0 bridgehead atoms. The zero-order valence-corrected chi connectivity index (χ0v) is 16.9. The largest absolute Gasteiger partial charge is 0.203 e. The lowest BCUT2D eigenvalue weighted by atomic mass is 9.79. The Bertz CT molecular complexity index is 875. The zero-order chi connectivity index (χ0) is 20.5. The Morgan fingerprint density at radius 2 is 1.00 bits per heavy atom. The van der Waals surface area contributed by atoms with Crippen LogP contribution in [0.3, 0.4) is 0 Å². The van der Waals surface area contributed by atoms with Crippen molar-refractivity contribution in [2.75, 3.05) is 0 Å². The highest BCUT2D eigenvalue weighted by Gasteiger charge is 2.27. The summed E-state index contributed by atoms with van der Waals surface area (Å²) in [6.45, 7) is 2.17. The normalized spacial score (nSPS) is 23.3. The van der Waals surface area contributed by atoms with Crippen LogP contribution in [-0.2, 0) is 0 Å². The Morgan fingerprint density at radius 3 is 1.48 bits per heavy atom. The maximum atomic E-state index is 14.9. The van der Waals surface area contributed by atoms with Gasteiger partial charge in [-0.05, 0) is 54.6 Å². The van der Waals surface area contributed by atoms with Gasteiger partial charge in [0.2, 0.25) is 0 Å². The van der Waals surface area contributed by atoms with Gasteiger partial charge in [-0.3, -0.25) is 0 Å². The Balaban J connectivity index is 1.66. The molecule has 2 fully saturated rings. The standard InChI is InChI=1S/C25H28F4/c1-15-7-9-17(10-8-15)19-12-14-21(25(29)23(19)27)20-13-11-18(22(26)24(20)28)16-5-3-2-4-6-16/h11-17H,2-10H2,1H3/t15-,17-. The van der Waals surface area contributed by atoms with E-state index in [0.717, 1.165) is 57.8 Å². The maximum Gasteiger partial charge on any atom is 0.167 e. The SMILES string of the molecule is C[C@H]1CC[C@H](c2ccc(-c3ccc(C4CCCCC4)c(F)c3F)c(F)c2F)CC1. The molecule has 4 rings (SSSR count). The summed E-state index contributed by atoms with van der Waals surface area (Å²) in [5.74, 6) is -3.39. The topological polar surface area (TPSA) is 0 Å². The van der Waals surface area contributed by atoms with E-state index in [1.165, 1.54) is 12.1 Å². The quantitative estimate of drug-likeness (QED) is 0.452. The van der Waals surface area contributed by atoms with Gasteiger partial charge in [-0.2, -0.15) is 0 Å². The molecule has 0 saturated heterocycles. The Hall–Kier alpha value is -1.84. The molecule has 0 unspecified atom stereocenters. The Kier molecular flexibility index (Phi) is 5.98. The fourth-order valence-corrected chi connectivity index (χ4v) is 5.16. The van der Waals surface area contributed by atoms with Gasteiger partial charge in [0.15, 0.2) is 23.3 Å². The summed E-state index contributed by atoms with van der Waals surface area (Å²) < 4.78 is 59.4. The number of rotatable bonds is 3. The molecule has 156 valence electrons. The summed E-state index contributed by atoms with van der Waals surface area (Å²) in [5.41, 5.74) is 0.307. The van der Waals surface area contributed by atoms with Crippen molar-refractivity contribution in [1.29, 1.82) is 0 Å². The first kappa shape index (κ1) is 20.4. The van der Waals surface area contributed by atoms with Crippen molar-refractivity contribution in [1.82, 2.24) is 0 Å². The second kappa shape index (κ2) is 8.49. The van der Waals surface area contributed by atoms with Crippen LogP contribution in [0.25, 0.3) is 11.1 Å². The van der Waals surface area contributed by atoms with Crippen LogP contribution in [0.4, 0.5) is 17.6 Å². The van der Waals surface area contributed by atoms with Crippen molar-refractivity contribution in [3.63, 3.8) is 0 Å². The molecule has 2 saturated carbocycles. The smallest absolute Gasteiger partial charge is 0.167 e. The molecule has 0 amide bonds. The number of halogens is 4. The number of hydrogen-bond acceptors (Lipinski definition) is 0. The van der Waals surface area contributed by atoms with Crippen LogP contribution >= 0.6 is 0 Å². The van der Waals surface area contributed by atoms with Crippen LogP contribution in [0.5, 0.6) is 0 Å². The van der Waals surface area contributed by atoms with Crippen LogP contribution in [-0.4, -0.2) is 0 Å². The Labute approximate surface area is 170 Å². The van der Waals surface area contributed by atoms with Crippen molar-refractivity contribution in [3.05, 3.63) is 58.7 Å². The van der Waals surface area contributed by atoms with Gasteiger partial charge in [0.25, 0.3) is 0 Å². The van der Waals surface area contributed by atoms with Crippen molar-refractivity contribution >= 4 is 0 Å². The minimum absolute atomic E-state index is 0.00459. The molecule has 2 aromatic carbocycles. The summed E-state index contributed by atoms with van der Waals surface area (Å²) in [6.07, 6.45) is 8.47. The van der Waals surface area contributed by atoms with E-state index < -0.39 is 23.3 Å². The van der Waals surface area contributed by atoms with Gasteiger partial charge in [0.05, 0.1) is 0 Å². The van der Waals surface area contributed by atoms with Gasteiger partial charge < -0.3 is 0 Å². The molecule has 0 atom stereocenters. The van der Waals surface area contributed by atoms with E-state index in [0.29, 0.717) is 17.0 Å². The molecule has 0 N–H and O–H groups in total. The van der Waals surface area contributed by atoms with E-state index in [9.17, 15) is 17.6 Å². The van der Waals surface area contributed by atoms with Gasteiger partial charge in [-0.1, -0.05) is 63.3 Å². The third kappa shape index (κ3) is 3.95.